The molecule has 0 amide bonds. The van der Waals surface area contributed by atoms with Gasteiger partial charge in [0.1, 0.15) is 5.69 Å². The van der Waals surface area contributed by atoms with E-state index < -0.39 is 0 Å². The smallest absolute Gasteiger partial charge is 0.136 e. The lowest BCUT2D eigenvalue weighted by Crippen LogP contribution is -3.00. The van der Waals surface area contributed by atoms with E-state index in [-0.39, 0.29) is 17.8 Å². The van der Waals surface area contributed by atoms with Crippen molar-refractivity contribution in [2.75, 3.05) is 14.1 Å². The molecular formula is C12H17Cl2N. The Morgan fingerprint density at radius 2 is 1.73 bits per heavy atom. The van der Waals surface area contributed by atoms with Crippen molar-refractivity contribution in [1.29, 1.82) is 0 Å². The summed E-state index contributed by atoms with van der Waals surface area (Å²) in [6, 6.07) is 10.4. The fourth-order valence-electron chi connectivity index (χ4n) is 1.23. The molecule has 0 aliphatic heterocycles. The molecule has 1 rings (SSSR count). The molecule has 0 spiro atoms. The second-order valence-electron chi connectivity index (χ2n) is 3.89. The largest absolute Gasteiger partial charge is 1.00 e. The normalized spacial score (nSPS) is 13.6. The summed E-state index contributed by atoms with van der Waals surface area (Å²) in [5.41, 5.74) is 1.25. The van der Waals surface area contributed by atoms with E-state index in [9.17, 15) is 0 Å². The molecule has 3 heteroatoms. The van der Waals surface area contributed by atoms with Crippen LogP contribution in [0.25, 0.3) is 0 Å². The molecule has 1 unspecified atom stereocenters. The summed E-state index contributed by atoms with van der Waals surface area (Å²) in [7, 11) is 4.26. The van der Waals surface area contributed by atoms with Crippen molar-refractivity contribution in [3.8, 4) is 0 Å². The van der Waals surface area contributed by atoms with E-state index >= 15 is 0 Å². The molecule has 1 aromatic rings. The molecule has 1 nitrogen and oxygen atoms in total. The van der Waals surface area contributed by atoms with Gasteiger partial charge in [-0.05, 0) is 25.1 Å². The first-order valence-corrected chi connectivity index (χ1v) is 5.19. The molecule has 1 atom stereocenters. The van der Waals surface area contributed by atoms with Gasteiger partial charge in [0.05, 0.1) is 25.7 Å². The van der Waals surface area contributed by atoms with E-state index in [1.807, 2.05) is 31.2 Å². The lowest BCUT2D eigenvalue weighted by Gasteiger charge is -2.24. The standard InChI is InChI=1S/C12H17ClN.ClH/c1-11(13)9-10-14(2,3)12-7-5-4-6-8-12;/h4-11H,1-3H3;1H/q+1;/p-1. The summed E-state index contributed by atoms with van der Waals surface area (Å²) >= 11 is 5.87. The van der Waals surface area contributed by atoms with E-state index in [1.165, 1.54) is 5.69 Å². The van der Waals surface area contributed by atoms with E-state index in [0.717, 1.165) is 4.48 Å². The average molecular weight is 246 g/mol. The maximum atomic E-state index is 5.87. The number of hydrogen-bond acceptors (Lipinski definition) is 0. The minimum Gasteiger partial charge on any atom is -1.00 e. The predicted molar refractivity (Wildman–Crippen MR) is 64.5 cm³/mol. The van der Waals surface area contributed by atoms with Gasteiger partial charge in [-0.3, -0.25) is 4.48 Å². The van der Waals surface area contributed by atoms with Gasteiger partial charge >= 0.3 is 0 Å². The summed E-state index contributed by atoms with van der Waals surface area (Å²) < 4.78 is 0.720. The van der Waals surface area contributed by atoms with Crippen molar-refractivity contribution in [3.05, 3.63) is 42.6 Å². The molecule has 0 aliphatic rings. The fourth-order valence-corrected chi connectivity index (χ4v) is 1.30. The Morgan fingerprint density at radius 1 is 1.20 bits per heavy atom. The van der Waals surface area contributed by atoms with Gasteiger partial charge in [-0.1, -0.05) is 18.2 Å². The highest BCUT2D eigenvalue weighted by Crippen LogP contribution is 2.18. The second kappa shape index (κ2) is 6.16. The zero-order valence-electron chi connectivity index (χ0n) is 9.32. The van der Waals surface area contributed by atoms with Gasteiger partial charge in [-0.2, -0.15) is 0 Å². The number of benzene rings is 1. The monoisotopic (exact) mass is 245 g/mol. The van der Waals surface area contributed by atoms with Crippen molar-refractivity contribution in [1.82, 2.24) is 4.48 Å². The Labute approximate surface area is 103 Å². The number of nitrogens with zero attached hydrogens (tertiary/aromatic N) is 1. The molecule has 0 bridgehead atoms. The fraction of sp³-hybridized carbons (Fsp3) is 0.333. The highest BCUT2D eigenvalue weighted by Gasteiger charge is 2.14. The maximum Gasteiger partial charge on any atom is 0.136 e. The van der Waals surface area contributed by atoms with Crippen LogP contribution in [-0.4, -0.2) is 19.5 Å². The quantitative estimate of drug-likeness (QED) is 0.535. The highest BCUT2D eigenvalue weighted by molar-refractivity contribution is 6.21. The number of para-hydroxylation sites is 1. The summed E-state index contributed by atoms with van der Waals surface area (Å²) in [6.45, 7) is 1.96. The molecule has 1 aromatic carbocycles. The number of halogens is 2. The van der Waals surface area contributed by atoms with Crippen molar-refractivity contribution >= 4 is 17.3 Å². The lowest BCUT2D eigenvalue weighted by atomic mass is 10.2. The third-order valence-corrected chi connectivity index (χ3v) is 2.29. The maximum absolute atomic E-state index is 5.87. The molecular weight excluding hydrogens is 229 g/mol. The Balaban J connectivity index is 0.00000196. The lowest BCUT2D eigenvalue weighted by molar-refractivity contribution is -0.00000298. The number of hydrogen-bond donors (Lipinski definition) is 0. The van der Waals surface area contributed by atoms with E-state index in [0.29, 0.717) is 0 Å². The van der Waals surface area contributed by atoms with Crippen molar-refractivity contribution < 1.29 is 12.4 Å². The van der Waals surface area contributed by atoms with E-state index in [2.05, 4.69) is 32.4 Å². The molecule has 0 saturated heterocycles. The first-order chi connectivity index (χ1) is 6.52. The molecule has 0 N–H and O–H groups in total. The van der Waals surface area contributed by atoms with Gasteiger partial charge in [0.15, 0.2) is 0 Å². The van der Waals surface area contributed by atoms with Gasteiger partial charge in [0, 0.05) is 0 Å². The van der Waals surface area contributed by atoms with Gasteiger partial charge < -0.3 is 12.4 Å². The van der Waals surface area contributed by atoms with Gasteiger partial charge in [0.2, 0.25) is 0 Å². The van der Waals surface area contributed by atoms with Crippen LogP contribution in [0.4, 0.5) is 5.69 Å². The third-order valence-electron chi connectivity index (χ3n) is 2.15. The number of rotatable bonds is 3. The van der Waals surface area contributed by atoms with Crippen molar-refractivity contribution in [2.24, 2.45) is 0 Å². The molecule has 15 heavy (non-hydrogen) atoms. The molecule has 0 saturated carbocycles. The van der Waals surface area contributed by atoms with Gasteiger partial charge in [-0.15, -0.1) is 11.6 Å². The average Bonchev–Trinajstić information content (AvgIpc) is 2.16. The van der Waals surface area contributed by atoms with Gasteiger partial charge in [0.25, 0.3) is 0 Å². The molecule has 0 fully saturated rings. The molecule has 0 aliphatic carbocycles. The van der Waals surface area contributed by atoms with Crippen LogP contribution in [0.1, 0.15) is 6.92 Å². The minimum atomic E-state index is 0. The SMILES string of the molecule is CC(Cl)C=C[N+](C)(C)c1ccccc1.[Cl-]. The molecule has 84 valence electrons. The van der Waals surface area contributed by atoms with Crippen LogP contribution >= 0.6 is 11.6 Å². The van der Waals surface area contributed by atoms with E-state index in [4.69, 9.17) is 11.6 Å². The Morgan fingerprint density at radius 3 is 2.20 bits per heavy atom. The van der Waals surface area contributed by atoms with Crippen LogP contribution in [0.5, 0.6) is 0 Å². The summed E-state index contributed by atoms with van der Waals surface area (Å²) in [5.74, 6) is 0. The highest BCUT2D eigenvalue weighted by atomic mass is 35.5. The van der Waals surface area contributed by atoms with Crippen LogP contribution in [-0.2, 0) is 0 Å². The number of allylic oxidation sites excluding steroid dienone is 1. The zero-order chi connectivity index (χ0) is 10.6. The van der Waals surface area contributed by atoms with Crippen molar-refractivity contribution in [3.63, 3.8) is 0 Å². The zero-order valence-corrected chi connectivity index (χ0v) is 10.8. The first kappa shape index (κ1) is 14.5. The van der Waals surface area contributed by atoms with Crippen LogP contribution in [0.2, 0.25) is 0 Å². The van der Waals surface area contributed by atoms with Crippen LogP contribution < -0.4 is 16.9 Å². The second-order valence-corrected chi connectivity index (χ2v) is 4.58. The topological polar surface area (TPSA) is 0 Å². The molecule has 0 radical (unpaired) electrons. The Hall–Kier alpha value is -0.500. The van der Waals surface area contributed by atoms with Crippen LogP contribution in [0.15, 0.2) is 42.6 Å². The summed E-state index contributed by atoms with van der Waals surface area (Å²) in [4.78, 5) is 0. The molecule has 0 heterocycles. The number of quaternary nitrogens is 1. The third kappa shape index (κ3) is 4.70. The number of alkyl halides is 1. The van der Waals surface area contributed by atoms with E-state index in [1.54, 1.807) is 0 Å². The first-order valence-electron chi connectivity index (χ1n) is 4.75. The van der Waals surface area contributed by atoms with Gasteiger partial charge in [-0.25, -0.2) is 0 Å². The Kier molecular flexibility index (Phi) is 5.96. The van der Waals surface area contributed by atoms with Crippen LogP contribution in [0, 0.1) is 0 Å². The molecule has 0 aromatic heterocycles. The predicted octanol–water partition coefficient (Wildman–Crippen LogP) is 0.398. The van der Waals surface area contributed by atoms with Crippen molar-refractivity contribution in [2.45, 2.75) is 12.3 Å². The summed E-state index contributed by atoms with van der Waals surface area (Å²) in [6.07, 6.45) is 4.11. The van der Waals surface area contributed by atoms with Crippen LogP contribution in [0.3, 0.4) is 0 Å². The summed E-state index contributed by atoms with van der Waals surface area (Å²) in [5, 5.41) is 0.0797. The minimum absolute atomic E-state index is 0. The Bertz CT molecular complexity index is 305.